The number of amides is 2. The van der Waals surface area contributed by atoms with Gasteiger partial charge in [0.1, 0.15) is 0 Å². The summed E-state index contributed by atoms with van der Waals surface area (Å²) in [6.45, 7) is 6.42. The predicted octanol–water partition coefficient (Wildman–Crippen LogP) is 2.64. The molecular weight excluding hydrogens is 280 g/mol. The summed E-state index contributed by atoms with van der Waals surface area (Å²) in [6.07, 6.45) is 0.553. The minimum absolute atomic E-state index is 0.0998. The molecule has 0 saturated carbocycles. The summed E-state index contributed by atoms with van der Waals surface area (Å²) < 4.78 is 5.27. The number of carbonyl (C=O) groups excluding carboxylic acids is 1. The van der Waals surface area contributed by atoms with Crippen molar-refractivity contribution in [2.75, 3.05) is 13.6 Å². The van der Waals surface area contributed by atoms with E-state index in [0.29, 0.717) is 24.7 Å². The van der Waals surface area contributed by atoms with Crippen molar-refractivity contribution in [2.24, 2.45) is 0 Å². The van der Waals surface area contributed by atoms with Crippen molar-refractivity contribution in [3.8, 4) is 11.5 Å². The molecule has 118 valence electrons. The van der Waals surface area contributed by atoms with Crippen LogP contribution in [0.5, 0.6) is 0 Å². The molecule has 1 heterocycles. The lowest BCUT2D eigenvalue weighted by Crippen LogP contribution is -2.41. The second-order valence-electron chi connectivity index (χ2n) is 5.66. The molecule has 6 heteroatoms. The molecule has 0 atom stereocenters. The number of hydrogen-bond donors (Lipinski definition) is 1. The molecule has 6 nitrogen and oxygen atoms in total. The fraction of sp³-hybridized carbons (Fsp3) is 0.438. The molecular formula is C16H22N4O2. The first-order valence-electron chi connectivity index (χ1n) is 7.37. The van der Waals surface area contributed by atoms with Crippen LogP contribution in [0.1, 0.15) is 25.2 Å². The molecule has 0 bridgehead atoms. The van der Waals surface area contributed by atoms with Crippen LogP contribution in [0.15, 0.2) is 28.8 Å². The zero-order valence-corrected chi connectivity index (χ0v) is 13.5. The normalized spacial score (nSPS) is 10.8. The third kappa shape index (κ3) is 4.31. The molecule has 0 aliphatic rings. The van der Waals surface area contributed by atoms with E-state index in [1.807, 2.05) is 45.0 Å². The predicted molar refractivity (Wildman–Crippen MR) is 84.5 cm³/mol. The van der Waals surface area contributed by atoms with Crippen LogP contribution < -0.4 is 5.32 Å². The summed E-state index contributed by atoms with van der Waals surface area (Å²) in [5.74, 6) is 1.10. The highest BCUT2D eigenvalue weighted by Crippen LogP contribution is 2.17. The third-order valence-corrected chi connectivity index (χ3v) is 3.20. The Morgan fingerprint density at radius 2 is 2.00 bits per heavy atom. The maximum absolute atomic E-state index is 11.8. The largest absolute Gasteiger partial charge is 0.336 e. The average Bonchev–Trinajstić information content (AvgIpc) is 2.93. The number of hydrogen-bond acceptors (Lipinski definition) is 4. The zero-order chi connectivity index (χ0) is 16.1. The van der Waals surface area contributed by atoms with Crippen LogP contribution in [0, 0.1) is 6.92 Å². The highest BCUT2D eigenvalue weighted by atomic mass is 16.5. The van der Waals surface area contributed by atoms with Gasteiger partial charge in [0.05, 0.1) is 0 Å². The Morgan fingerprint density at radius 1 is 1.32 bits per heavy atom. The van der Waals surface area contributed by atoms with Gasteiger partial charge >= 0.3 is 6.03 Å². The first-order chi connectivity index (χ1) is 10.5. The molecule has 0 spiro atoms. The van der Waals surface area contributed by atoms with Crippen molar-refractivity contribution in [1.82, 2.24) is 20.4 Å². The van der Waals surface area contributed by atoms with E-state index in [-0.39, 0.29) is 12.1 Å². The van der Waals surface area contributed by atoms with Gasteiger partial charge in [-0.1, -0.05) is 22.9 Å². The van der Waals surface area contributed by atoms with E-state index in [9.17, 15) is 4.79 Å². The number of nitrogens with zero attached hydrogens (tertiary/aromatic N) is 3. The summed E-state index contributed by atoms with van der Waals surface area (Å²) >= 11 is 0. The van der Waals surface area contributed by atoms with E-state index in [1.54, 1.807) is 11.9 Å². The first kappa shape index (κ1) is 16.0. The van der Waals surface area contributed by atoms with Gasteiger partial charge in [-0.3, -0.25) is 0 Å². The van der Waals surface area contributed by atoms with Crippen molar-refractivity contribution in [2.45, 2.75) is 33.2 Å². The van der Waals surface area contributed by atoms with E-state index in [2.05, 4.69) is 15.5 Å². The van der Waals surface area contributed by atoms with Crippen LogP contribution in [-0.4, -0.2) is 40.7 Å². The van der Waals surface area contributed by atoms with Crippen LogP contribution in [0.3, 0.4) is 0 Å². The third-order valence-electron chi connectivity index (χ3n) is 3.20. The van der Waals surface area contributed by atoms with Gasteiger partial charge < -0.3 is 14.7 Å². The molecule has 0 aliphatic carbocycles. The second-order valence-corrected chi connectivity index (χ2v) is 5.66. The Morgan fingerprint density at radius 3 is 2.64 bits per heavy atom. The first-order valence-corrected chi connectivity index (χ1v) is 7.37. The number of aromatic nitrogens is 2. The average molecular weight is 302 g/mol. The van der Waals surface area contributed by atoms with Crippen molar-refractivity contribution in [1.29, 1.82) is 0 Å². The Labute approximate surface area is 130 Å². The Bertz CT molecular complexity index is 619. The monoisotopic (exact) mass is 302 g/mol. The lowest BCUT2D eigenvalue weighted by Gasteiger charge is -2.18. The lowest BCUT2D eigenvalue weighted by molar-refractivity contribution is 0.206. The fourth-order valence-electron chi connectivity index (χ4n) is 1.90. The van der Waals surface area contributed by atoms with E-state index in [1.165, 1.54) is 5.56 Å². The zero-order valence-electron chi connectivity index (χ0n) is 13.5. The summed E-state index contributed by atoms with van der Waals surface area (Å²) in [5.41, 5.74) is 2.08. The van der Waals surface area contributed by atoms with Crippen LogP contribution in [0.25, 0.3) is 11.5 Å². The SMILES string of the molecule is Cc1ccc(-c2nc(CCN(C)C(=O)NC(C)C)no2)cc1. The maximum atomic E-state index is 11.8. The van der Waals surface area contributed by atoms with Crippen LogP contribution in [-0.2, 0) is 6.42 Å². The summed E-state index contributed by atoms with van der Waals surface area (Å²) in [4.78, 5) is 17.8. The van der Waals surface area contributed by atoms with Gasteiger partial charge in [-0.15, -0.1) is 0 Å². The minimum Gasteiger partial charge on any atom is -0.336 e. The molecule has 0 radical (unpaired) electrons. The van der Waals surface area contributed by atoms with E-state index in [4.69, 9.17) is 4.52 Å². The van der Waals surface area contributed by atoms with Crippen LogP contribution in [0.2, 0.25) is 0 Å². The fourth-order valence-corrected chi connectivity index (χ4v) is 1.90. The molecule has 0 aliphatic heterocycles. The summed E-state index contributed by atoms with van der Waals surface area (Å²) in [6, 6.07) is 7.93. The molecule has 1 aromatic carbocycles. The summed E-state index contributed by atoms with van der Waals surface area (Å²) in [5, 5.41) is 6.80. The standard InChI is InChI=1S/C16H22N4O2/c1-11(2)17-16(21)20(4)10-9-14-18-15(22-19-14)13-7-5-12(3)6-8-13/h5-8,11H,9-10H2,1-4H3,(H,17,21). The number of aryl methyl sites for hydroxylation is 1. The maximum Gasteiger partial charge on any atom is 0.317 e. The van der Waals surface area contributed by atoms with Gasteiger partial charge in [-0.25, -0.2) is 4.79 Å². The topological polar surface area (TPSA) is 71.3 Å². The van der Waals surface area contributed by atoms with Crippen molar-refractivity contribution >= 4 is 6.03 Å². The quantitative estimate of drug-likeness (QED) is 0.921. The molecule has 0 unspecified atom stereocenters. The van der Waals surface area contributed by atoms with Crippen molar-refractivity contribution in [3.05, 3.63) is 35.7 Å². The van der Waals surface area contributed by atoms with Gasteiger partial charge in [0.2, 0.25) is 0 Å². The molecule has 1 aromatic heterocycles. The van der Waals surface area contributed by atoms with Gasteiger partial charge in [-0.05, 0) is 32.9 Å². The number of benzene rings is 1. The molecule has 1 N–H and O–H groups in total. The highest BCUT2D eigenvalue weighted by molar-refractivity contribution is 5.74. The number of carbonyl (C=O) groups is 1. The molecule has 2 aromatic rings. The van der Waals surface area contributed by atoms with Crippen molar-refractivity contribution in [3.63, 3.8) is 0 Å². The van der Waals surface area contributed by atoms with Crippen LogP contribution in [0.4, 0.5) is 4.79 Å². The van der Waals surface area contributed by atoms with Gasteiger partial charge in [0, 0.05) is 31.6 Å². The number of likely N-dealkylation sites (N-methyl/N-ethyl adjacent to an activating group) is 1. The number of rotatable bonds is 5. The van der Waals surface area contributed by atoms with E-state index < -0.39 is 0 Å². The smallest absolute Gasteiger partial charge is 0.317 e. The molecule has 0 fully saturated rings. The Balaban J connectivity index is 1.92. The molecule has 0 saturated heterocycles. The second kappa shape index (κ2) is 7.06. The van der Waals surface area contributed by atoms with E-state index in [0.717, 1.165) is 5.56 Å². The van der Waals surface area contributed by atoms with Gasteiger partial charge in [0.15, 0.2) is 5.82 Å². The van der Waals surface area contributed by atoms with Crippen LogP contribution >= 0.6 is 0 Å². The molecule has 22 heavy (non-hydrogen) atoms. The number of nitrogens with one attached hydrogen (secondary N) is 1. The molecule has 2 rings (SSSR count). The minimum atomic E-state index is -0.0998. The molecule has 2 amide bonds. The lowest BCUT2D eigenvalue weighted by atomic mass is 10.1. The Hall–Kier alpha value is -2.37. The van der Waals surface area contributed by atoms with Gasteiger partial charge in [-0.2, -0.15) is 4.98 Å². The van der Waals surface area contributed by atoms with E-state index >= 15 is 0 Å². The van der Waals surface area contributed by atoms with Crippen molar-refractivity contribution < 1.29 is 9.32 Å². The van der Waals surface area contributed by atoms with Gasteiger partial charge in [0.25, 0.3) is 5.89 Å². The number of urea groups is 1. The highest BCUT2D eigenvalue weighted by Gasteiger charge is 2.12. The Kier molecular flexibility index (Phi) is 5.14. The summed E-state index contributed by atoms with van der Waals surface area (Å²) in [7, 11) is 1.75.